The lowest BCUT2D eigenvalue weighted by Gasteiger charge is -2.20. The molecule has 1 aliphatic rings. The first kappa shape index (κ1) is 8.53. The molecular weight excluding hydrogens is 144 g/mol. The summed E-state index contributed by atoms with van der Waals surface area (Å²) in [6, 6.07) is 0. The van der Waals surface area contributed by atoms with Gasteiger partial charge in [-0.05, 0) is 12.8 Å². The lowest BCUT2D eigenvalue weighted by atomic mass is 10.1. The summed E-state index contributed by atoms with van der Waals surface area (Å²) < 4.78 is 4.51. The van der Waals surface area contributed by atoms with Gasteiger partial charge in [-0.1, -0.05) is 12.8 Å². The van der Waals surface area contributed by atoms with Crippen LogP contribution >= 0.6 is 0 Å². The number of ether oxygens (including phenoxy) is 1. The van der Waals surface area contributed by atoms with E-state index in [9.17, 15) is 9.90 Å². The molecule has 0 N–H and O–H groups in total. The number of rotatable bonds is 2. The zero-order valence-electron chi connectivity index (χ0n) is 6.54. The molecule has 11 heavy (non-hydrogen) atoms. The highest BCUT2D eigenvalue weighted by Gasteiger charge is 2.31. The second kappa shape index (κ2) is 3.72. The van der Waals surface area contributed by atoms with Crippen molar-refractivity contribution in [2.75, 3.05) is 0 Å². The molecule has 1 rings (SSSR count). The van der Waals surface area contributed by atoms with E-state index in [0.29, 0.717) is 12.8 Å². The Kier molecular flexibility index (Phi) is 2.88. The van der Waals surface area contributed by atoms with Crippen LogP contribution in [0.25, 0.3) is 0 Å². The molecule has 0 unspecified atom stereocenters. The quantitative estimate of drug-likeness (QED) is 0.347. The molecule has 0 atom stereocenters. The topological polar surface area (TPSA) is 46.2 Å². The van der Waals surface area contributed by atoms with Gasteiger partial charge in [-0.2, -0.15) is 5.11 Å². The summed E-state index contributed by atoms with van der Waals surface area (Å²) in [5.41, 5.74) is 0. The summed E-state index contributed by atoms with van der Waals surface area (Å²) >= 11 is 0. The van der Waals surface area contributed by atoms with Gasteiger partial charge in [0.25, 0.3) is 6.47 Å². The molecule has 0 heterocycles. The van der Waals surface area contributed by atoms with Gasteiger partial charge in [-0.15, -0.1) is 0 Å². The van der Waals surface area contributed by atoms with Crippen LogP contribution in [0.3, 0.4) is 0 Å². The van der Waals surface area contributed by atoms with Crippen molar-refractivity contribution in [3.8, 4) is 0 Å². The van der Waals surface area contributed by atoms with Gasteiger partial charge in [-0.25, -0.2) is 0 Å². The van der Waals surface area contributed by atoms with E-state index >= 15 is 0 Å². The smallest absolute Gasteiger partial charge is 0.295 e. The van der Waals surface area contributed by atoms with Crippen LogP contribution in [0, 0.1) is 0 Å². The van der Waals surface area contributed by atoms with E-state index in [1.807, 2.05) is 0 Å². The van der Waals surface area contributed by atoms with Crippen molar-refractivity contribution in [3.63, 3.8) is 0 Å². The minimum atomic E-state index is -1.40. The fourth-order valence-electron chi connectivity index (χ4n) is 1.47. The Bertz CT molecular complexity index is 125. The molecule has 3 nitrogen and oxygen atoms in total. The Labute approximate surface area is 66.4 Å². The van der Waals surface area contributed by atoms with E-state index in [1.54, 1.807) is 0 Å². The van der Waals surface area contributed by atoms with E-state index in [0.717, 1.165) is 25.7 Å². The molecule has 1 fully saturated rings. The average molecular weight is 157 g/mol. The average Bonchev–Trinajstić information content (AvgIpc) is 2.15. The maximum Gasteiger partial charge on any atom is 0.295 e. The van der Waals surface area contributed by atoms with Gasteiger partial charge in [0.05, 0.1) is 0 Å². The predicted molar refractivity (Wildman–Crippen MR) is 38.3 cm³/mol. The van der Waals surface area contributed by atoms with Crippen molar-refractivity contribution in [1.29, 1.82) is 0 Å². The zero-order chi connectivity index (χ0) is 8.16. The standard InChI is InChI=1S/C8H13O3/c9-7-11-8(10)5-3-1-2-4-6-8/h7H,1-6H2. The summed E-state index contributed by atoms with van der Waals surface area (Å²) in [7, 11) is 0. The Balaban J connectivity index is 2.44. The molecule has 1 saturated carbocycles. The molecule has 0 aromatic carbocycles. The third-order valence-electron chi connectivity index (χ3n) is 2.13. The van der Waals surface area contributed by atoms with Crippen LogP contribution in [0.2, 0.25) is 0 Å². The van der Waals surface area contributed by atoms with Crippen LogP contribution in [0.5, 0.6) is 0 Å². The first-order valence-electron chi connectivity index (χ1n) is 4.09. The first-order valence-corrected chi connectivity index (χ1v) is 4.09. The van der Waals surface area contributed by atoms with Gasteiger partial charge < -0.3 is 4.74 Å². The van der Waals surface area contributed by atoms with Crippen LogP contribution in [0.15, 0.2) is 0 Å². The number of hydrogen-bond acceptors (Lipinski definition) is 2. The Morgan fingerprint density at radius 2 is 1.64 bits per heavy atom. The van der Waals surface area contributed by atoms with Crippen molar-refractivity contribution in [1.82, 2.24) is 0 Å². The van der Waals surface area contributed by atoms with Crippen LogP contribution in [0.1, 0.15) is 38.5 Å². The van der Waals surface area contributed by atoms with Crippen molar-refractivity contribution in [2.24, 2.45) is 0 Å². The van der Waals surface area contributed by atoms with Gasteiger partial charge in [-0.3, -0.25) is 4.79 Å². The molecule has 0 saturated heterocycles. The summed E-state index contributed by atoms with van der Waals surface area (Å²) in [5, 5.41) is 11.5. The van der Waals surface area contributed by atoms with Gasteiger partial charge in [0, 0.05) is 12.8 Å². The van der Waals surface area contributed by atoms with Crippen LogP contribution in [-0.2, 0) is 14.6 Å². The fraction of sp³-hybridized carbons (Fsp3) is 0.875. The van der Waals surface area contributed by atoms with Gasteiger partial charge >= 0.3 is 0 Å². The number of carbonyl (C=O) groups excluding carboxylic acids is 1. The molecule has 63 valence electrons. The lowest BCUT2D eigenvalue weighted by Crippen LogP contribution is -2.29. The van der Waals surface area contributed by atoms with E-state index in [2.05, 4.69) is 4.74 Å². The van der Waals surface area contributed by atoms with Crippen molar-refractivity contribution in [2.45, 2.75) is 44.3 Å². The summed E-state index contributed by atoms with van der Waals surface area (Å²) in [5.74, 6) is -1.40. The molecule has 1 radical (unpaired) electrons. The molecule has 0 bridgehead atoms. The largest absolute Gasteiger partial charge is 0.433 e. The van der Waals surface area contributed by atoms with Crippen LogP contribution < -0.4 is 0 Å². The Morgan fingerprint density at radius 1 is 1.09 bits per heavy atom. The third-order valence-corrected chi connectivity index (χ3v) is 2.13. The van der Waals surface area contributed by atoms with Gasteiger partial charge in [0.15, 0.2) is 0 Å². The minimum absolute atomic E-state index is 0.276. The molecule has 1 aliphatic carbocycles. The molecule has 0 aromatic heterocycles. The fourth-order valence-corrected chi connectivity index (χ4v) is 1.47. The number of hydrogen-bond donors (Lipinski definition) is 0. The molecule has 0 amide bonds. The van der Waals surface area contributed by atoms with E-state index in [4.69, 9.17) is 0 Å². The second-order valence-electron chi connectivity index (χ2n) is 3.04. The van der Waals surface area contributed by atoms with Crippen molar-refractivity contribution >= 4 is 6.47 Å². The Morgan fingerprint density at radius 3 is 2.09 bits per heavy atom. The van der Waals surface area contributed by atoms with E-state index in [1.165, 1.54) is 0 Å². The summed E-state index contributed by atoms with van der Waals surface area (Å²) in [6.07, 6.45) is 4.91. The first-order chi connectivity index (χ1) is 5.27. The molecule has 0 aromatic rings. The molecule has 3 heteroatoms. The van der Waals surface area contributed by atoms with E-state index < -0.39 is 5.79 Å². The van der Waals surface area contributed by atoms with Gasteiger partial charge in [0.1, 0.15) is 0 Å². The zero-order valence-corrected chi connectivity index (χ0v) is 6.54. The normalized spacial score (nSPS) is 23.7. The highest BCUT2D eigenvalue weighted by Crippen LogP contribution is 2.27. The lowest BCUT2D eigenvalue weighted by molar-refractivity contribution is -0.228. The molecule has 0 spiro atoms. The minimum Gasteiger partial charge on any atom is -0.433 e. The molecular formula is C8H13O3. The maximum atomic E-state index is 11.5. The predicted octanol–water partition coefficient (Wildman–Crippen LogP) is 1.64. The SMILES string of the molecule is [O]C1(OC=O)CCCCCC1. The highest BCUT2D eigenvalue weighted by molar-refractivity contribution is 5.37. The monoisotopic (exact) mass is 157 g/mol. The van der Waals surface area contributed by atoms with Crippen molar-refractivity contribution < 1.29 is 14.6 Å². The summed E-state index contributed by atoms with van der Waals surface area (Å²) in [6.45, 7) is 0.276. The molecule has 0 aliphatic heterocycles. The highest BCUT2D eigenvalue weighted by atomic mass is 16.6. The van der Waals surface area contributed by atoms with Gasteiger partial charge in [0.2, 0.25) is 5.79 Å². The van der Waals surface area contributed by atoms with E-state index in [-0.39, 0.29) is 6.47 Å². The summed E-state index contributed by atoms with van der Waals surface area (Å²) in [4.78, 5) is 9.97. The van der Waals surface area contributed by atoms with Crippen LogP contribution in [-0.4, -0.2) is 12.3 Å². The van der Waals surface area contributed by atoms with Crippen LogP contribution in [0.4, 0.5) is 0 Å². The maximum absolute atomic E-state index is 11.5. The second-order valence-corrected chi connectivity index (χ2v) is 3.04. The number of carbonyl (C=O) groups is 1. The van der Waals surface area contributed by atoms with Crippen molar-refractivity contribution in [3.05, 3.63) is 0 Å². The third kappa shape index (κ3) is 2.50. The Hall–Kier alpha value is -0.570.